The maximum Gasteiger partial charge on any atom is 0.162 e. The second kappa shape index (κ2) is 5.97. The molecule has 0 saturated heterocycles. The van der Waals surface area contributed by atoms with Gasteiger partial charge in [-0.15, -0.1) is 0 Å². The van der Waals surface area contributed by atoms with Crippen molar-refractivity contribution in [2.24, 2.45) is 11.3 Å². The van der Waals surface area contributed by atoms with Crippen LogP contribution in [0.25, 0.3) is 0 Å². The standard InChI is InChI=1S/C15H22F2N2/c1-2-15(8-3-4-9-15)13(19-18)10-11-6-5-7-12(16)14(11)17/h5-7,13,19H,2-4,8-10,18H2,1H3. The minimum absolute atomic E-state index is 0.00343. The van der Waals surface area contributed by atoms with Gasteiger partial charge in [0, 0.05) is 6.04 Å². The minimum atomic E-state index is -0.787. The lowest BCUT2D eigenvalue weighted by Crippen LogP contribution is -2.48. The van der Waals surface area contributed by atoms with Crippen molar-refractivity contribution in [1.29, 1.82) is 0 Å². The van der Waals surface area contributed by atoms with Crippen LogP contribution in [-0.2, 0) is 6.42 Å². The van der Waals surface area contributed by atoms with Crippen LogP contribution < -0.4 is 11.3 Å². The summed E-state index contributed by atoms with van der Waals surface area (Å²) in [4.78, 5) is 0. The Hall–Kier alpha value is -1.00. The molecule has 19 heavy (non-hydrogen) atoms. The topological polar surface area (TPSA) is 38.0 Å². The highest BCUT2D eigenvalue weighted by Crippen LogP contribution is 2.44. The highest BCUT2D eigenvalue weighted by Gasteiger charge is 2.39. The quantitative estimate of drug-likeness (QED) is 0.635. The van der Waals surface area contributed by atoms with Crippen LogP contribution in [0.3, 0.4) is 0 Å². The van der Waals surface area contributed by atoms with Crippen molar-refractivity contribution in [3.05, 3.63) is 35.4 Å². The Morgan fingerprint density at radius 2 is 2.00 bits per heavy atom. The number of nitrogens with two attached hydrogens (primary N) is 1. The second-order valence-corrected chi connectivity index (χ2v) is 5.56. The van der Waals surface area contributed by atoms with E-state index in [1.807, 2.05) is 0 Å². The normalized spacial score (nSPS) is 19.6. The lowest BCUT2D eigenvalue weighted by atomic mass is 9.74. The van der Waals surface area contributed by atoms with Gasteiger partial charge in [-0.1, -0.05) is 31.9 Å². The van der Waals surface area contributed by atoms with Crippen LogP contribution in [0.2, 0.25) is 0 Å². The van der Waals surface area contributed by atoms with E-state index in [9.17, 15) is 8.78 Å². The van der Waals surface area contributed by atoms with Gasteiger partial charge in [0.1, 0.15) is 0 Å². The summed E-state index contributed by atoms with van der Waals surface area (Å²) < 4.78 is 27.0. The molecule has 1 saturated carbocycles. The van der Waals surface area contributed by atoms with Crippen molar-refractivity contribution in [2.45, 2.75) is 51.5 Å². The molecule has 1 aliphatic carbocycles. The number of hydrogen-bond donors (Lipinski definition) is 2. The lowest BCUT2D eigenvalue weighted by Gasteiger charge is -2.36. The average Bonchev–Trinajstić information content (AvgIpc) is 2.90. The summed E-state index contributed by atoms with van der Waals surface area (Å²) in [6, 6.07) is 4.33. The van der Waals surface area contributed by atoms with E-state index < -0.39 is 11.6 Å². The van der Waals surface area contributed by atoms with Gasteiger partial charge in [0.15, 0.2) is 11.6 Å². The number of halogens is 2. The molecule has 106 valence electrons. The molecule has 3 N–H and O–H groups in total. The monoisotopic (exact) mass is 268 g/mol. The highest BCUT2D eigenvalue weighted by molar-refractivity contribution is 5.21. The molecule has 2 rings (SSSR count). The van der Waals surface area contributed by atoms with Gasteiger partial charge in [-0.2, -0.15) is 0 Å². The summed E-state index contributed by atoms with van der Waals surface area (Å²) in [6.07, 6.45) is 6.05. The molecule has 0 aliphatic heterocycles. The van der Waals surface area contributed by atoms with E-state index in [0.29, 0.717) is 12.0 Å². The molecule has 1 atom stereocenters. The number of rotatable bonds is 5. The van der Waals surface area contributed by atoms with Gasteiger partial charge in [-0.05, 0) is 42.7 Å². The van der Waals surface area contributed by atoms with Crippen molar-refractivity contribution in [1.82, 2.24) is 5.43 Å². The molecule has 1 fully saturated rings. The Labute approximate surface area is 113 Å². The molecule has 1 aromatic rings. The molecule has 0 spiro atoms. The Bertz CT molecular complexity index is 428. The Kier molecular flexibility index (Phi) is 4.53. The van der Waals surface area contributed by atoms with E-state index in [0.717, 1.165) is 25.3 Å². The third kappa shape index (κ3) is 2.79. The van der Waals surface area contributed by atoms with E-state index in [1.165, 1.54) is 12.8 Å². The smallest absolute Gasteiger partial charge is 0.162 e. The predicted molar refractivity (Wildman–Crippen MR) is 72.4 cm³/mol. The molecule has 2 nitrogen and oxygen atoms in total. The minimum Gasteiger partial charge on any atom is -0.271 e. The van der Waals surface area contributed by atoms with E-state index in [4.69, 9.17) is 5.84 Å². The summed E-state index contributed by atoms with van der Waals surface area (Å²) in [5, 5.41) is 0. The maximum atomic E-state index is 13.8. The van der Waals surface area contributed by atoms with Crippen molar-refractivity contribution >= 4 is 0 Å². The molecule has 0 radical (unpaired) electrons. The van der Waals surface area contributed by atoms with Crippen molar-refractivity contribution in [3.63, 3.8) is 0 Å². The van der Waals surface area contributed by atoms with Gasteiger partial charge in [-0.25, -0.2) is 8.78 Å². The number of hydrogen-bond acceptors (Lipinski definition) is 2. The van der Waals surface area contributed by atoms with Gasteiger partial charge in [0.25, 0.3) is 0 Å². The molecule has 1 unspecified atom stereocenters. The van der Waals surface area contributed by atoms with Gasteiger partial charge >= 0.3 is 0 Å². The summed E-state index contributed by atoms with van der Waals surface area (Å²) in [7, 11) is 0. The van der Waals surface area contributed by atoms with E-state index in [2.05, 4.69) is 12.3 Å². The van der Waals surface area contributed by atoms with Crippen LogP contribution in [0.5, 0.6) is 0 Å². The average molecular weight is 268 g/mol. The third-order valence-corrected chi connectivity index (χ3v) is 4.70. The second-order valence-electron chi connectivity index (χ2n) is 5.56. The Morgan fingerprint density at radius 3 is 2.58 bits per heavy atom. The zero-order chi connectivity index (χ0) is 13.9. The first-order valence-electron chi connectivity index (χ1n) is 7.02. The number of hydrazine groups is 1. The zero-order valence-electron chi connectivity index (χ0n) is 11.4. The number of nitrogens with one attached hydrogen (secondary N) is 1. The van der Waals surface area contributed by atoms with E-state index >= 15 is 0 Å². The largest absolute Gasteiger partial charge is 0.271 e. The van der Waals surface area contributed by atoms with Crippen LogP contribution in [0.1, 0.15) is 44.6 Å². The van der Waals surface area contributed by atoms with Crippen LogP contribution in [0.15, 0.2) is 18.2 Å². The molecular formula is C15H22F2N2. The molecule has 1 aromatic carbocycles. The molecule has 0 aromatic heterocycles. The van der Waals surface area contributed by atoms with Crippen molar-refractivity contribution in [3.8, 4) is 0 Å². The summed E-state index contributed by atoms with van der Waals surface area (Å²) in [5.41, 5.74) is 3.37. The third-order valence-electron chi connectivity index (χ3n) is 4.70. The molecular weight excluding hydrogens is 246 g/mol. The highest BCUT2D eigenvalue weighted by atomic mass is 19.2. The Morgan fingerprint density at radius 1 is 1.32 bits per heavy atom. The van der Waals surface area contributed by atoms with Gasteiger partial charge in [0.2, 0.25) is 0 Å². The van der Waals surface area contributed by atoms with Crippen LogP contribution >= 0.6 is 0 Å². The first-order valence-corrected chi connectivity index (χ1v) is 7.02. The van der Waals surface area contributed by atoms with Gasteiger partial charge in [0.05, 0.1) is 0 Å². The molecule has 4 heteroatoms. The zero-order valence-corrected chi connectivity index (χ0v) is 11.4. The summed E-state index contributed by atoms with van der Waals surface area (Å²) >= 11 is 0. The van der Waals surface area contributed by atoms with Crippen LogP contribution in [0.4, 0.5) is 8.78 Å². The predicted octanol–water partition coefficient (Wildman–Crippen LogP) is 3.31. The molecule has 0 bridgehead atoms. The summed E-state index contributed by atoms with van der Waals surface area (Å²) in [5.74, 6) is 4.15. The van der Waals surface area contributed by atoms with Crippen molar-refractivity contribution in [2.75, 3.05) is 0 Å². The maximum absolute atomic E-state index is 13.8. The molecule has 1 aliphatic rings. The fourth-order valence-corrected chi connectivity index (χ4v) is 3.41. The number of benzene rings is 1. The van der Waals surface area contributed by atoms with Gasteiger partial charge in [-0.3, -0.25) is 11.3 Å². The molecule has 0 heterocycles. The fraction of sp³-hybridized carbons (Fsp3) is 0.600. The van der Waals surface area contributed by atoms with E-state index in [-0.39, 0.29) is 11.5 Å². The first kappa shape index (κ1) is 14.4. The lowest BCUT2D eigenvalue weighted by molar-refractivity contribution is 0.184. The Balaban J connectivity index is 2.21. The van der Waals surface area contributed by atoms with Crippen LogP contribution in [-0.4, -0.2) is 6.04 Å². The SMILES string of the molecule is CCC1(C(Cc2cccc(F)c2F)NN)CCCC1. The fourth-order valence-electron chi connectivity index (χ4n) is 3.41. The summed E-state index contributed by atoms with van der Waals surface area (Å²) in [6.45, 7) is 2.15. The van der Waals surface area contributed by atoms with Crippen molar-refractivity contribution < 1.29 is 8.78 Å². The van der Waals surface area contributed by atoms with Crippen LogP contribution in [0, 0.1) is 17.0 Å². The van der Waals surface area contributed by atoms with Gasteiger partial charge < -0.3 is 0 Å². The van der Waals surface area contributed by atoms with E-state index in [1.54, 1.807) is 12.1 Å². The first-order chi connectivity index (χ1) is 9.13. The molecule has 0 amide bonds.